The van der Waals surface area contributed by atoms with Gasteiger partial charge in [-0.25, -0.2) is 13.2 Å². The van der Waals surface area contributed by atoms with Gasteiger partial charge in [0, 0.05) is 39.4 Å². The molecule has 0 aliphatic carbocycles. The molecule has 0 bridgehead atoms. The van der Waals surface area contributed by atoms with Gasteiger partial charge in [0.2, 0.25) is 10.0 Å². The highest BCUT2D eigenvalue weighted by Crippen LogP contribution is 2.41. The SMILES string of the molecule is Cc1ccc(S(=O)(=O)N2CCC3(CCCN(CC4CCOCC4)C3)C2)cc1.O=C(O)C(F)(F)F. The molecule has 1 N–H and O–H groups in total. The van der Waals surface area contributed by atoms with Gasteiger partial charge in [-0.05, 0) is 69.0 Å². The van der Waals surface area contributed by atoms with E-state index in [4.69, 9.17) is 14.6 Å². The minimum absolute atomic E-state index is 0.140. The Balaban J connectivity index is 0.000000406. The number of piperidine rings is 1. The molecule has 3 fully saturated rings. The fraction of sp³-hybridized carbons (Fsp3) is 0.696. The third-order valence-corrected chi connectivity index (χ3v) is 8.76. The van der Waals surface area contributed by atoms with E-state index in [9.17, 15) is 21.6 Å². The molecule has 34 heavy (non-hydrogen) atoms. The van der Waals surface area contributed by atoms with Crippen molar-refractivity contribution >= 4 is 16.0 Å². The topological polar surface area (TPSA) is 87.2 Å². The smallest absolute Gasteiger partial charge is 0.475 e. The zero-order valence-electron chi connectivity index (χ0n) is 19.4. The molecule has 7 nitrogen and oxygen atoms in total. The average molecular weight is 507 g/mol. The number of aliphatic carboxylic acids is 1. The maximum Gasteiger partial charge on any atom is 0.490 e. The molecule has 192 valence electrons. The van der Waals surface area contributed by atoms with Crippen LogP contribution in [-0.2, 0) is 19.6 Å². The van der Waals surface area contributed by atoms with Crippen molar-refractivity contribution in [1.82, 2.24) is 9.21 Å². The van der Waals surface area contributed by atoms with Crippen molar-refractivity contribution in [2.24, 2.45) is 11.3 Å². The van der Waals surface area contributed by atoms with Gasteiger partial charge in [-0.15, -0.1) is 0 Å². The first kappa shape index (κ1) is 26.9. The van der Waals surface area contributed by atoms with Crippen LogP contribution in [0.2, 0.25) is 0 Å². The summed E-state index contributed by atoms with van der Waals surface area (Å²) in [6.07, 6.45) is 0.566. The molecule has 3 saturated heterocycles. The van der Waals surface area contributed by atoms with Crippen molar-refractivity contribution in [2.45, 2.75) is 50.1 Å². The number of carbonyl (C=O) groups is 1. The second kappa shape index (κ2) is 10.9. The van der Waals surface area contributed by atoms with E-state index in [0.29, 0.717) is 18.0 Å². The molecule has 0 saturated carbocycles. The molecule has 1 aromatic carbocycles. The fourth-order valence-corrected chi connectivity index (χ4v) is 6.61. The number of aryl methyl sites for hydroxylation is 1. The van der Waals surface area contributed by atoms with E-state index in [0.717, 1.165) is 70.0 Å². The largest absolute Gasteiger partial charge is 0.490 e. The van der Waals surface area contributed by atoms with Gasteiger partial charge >= 0.3 is 12.1 Å². The molecule has 4 rings (SSSR count). The Morgan fingerprint density at radius 3 is 2.32 bits per heavy atom. The minimum Gasteiger partial charge on any atom is -0.475 e. The number of nitrogens with zero attached hydrogens (tertiary/aromatic N) is 2. The average Bonchev–Trinajstić information content (AvgIpc) is 3.18. The highest BCUT2D eigenvalue weighted by molar-refractivity contribution is 7.89. The number of benzene rings is 1. The number of ether oxygens (including phenoxy) is 1. The summed E-state index contributed by atoms with van der Waals surface area (Å²) in [6.45, 7) is 8.45. The number of rotatable bonds is 4. The number of hydrogen-bond acceptors (Lipinski definition) is 5. The summed E-state index contributed by atoms with van der Waals surface area (Å²) in [5.41, 5.74) is 1.23. The van der Waals surface area contributed by atoms with E-state index in [1.807, 2.05) is 19.1 Å². The summed E-state index contributed by atoms with van der Waals surface area (Å²) in [5.74, 6) is -2.02. The Morgan fingerprint density at radius 2 is 1.74 bits per heavy atom. The Kier molecular flexibility index (Phi) is 8.65. The number of carboxylic acid groups (broad SMARTS) is 1. The quantitative estimate of drug-likeness (QED) is 0.673. The van der Waals surface area contributed by atoms with Crippen molar-refractivity contribution in [3.05, 3.63) is 29.8 Å². The summed E-state index contributed by atoms with van der Waals surface area (Å²) >= 11 is 0. The summed E-state index contributed by atoms with van der Waals surface area (Å²) < 4.78 is 65.1. The van der Waals surface area contributed by atoms with E-state index in [1.54, 1.807) is 16.4 Å². The summed E-state index contributed by atoms with van der Waals surface area (Å²) in [6, 6.07) is 7.26. The van der Waals surface area contributed by atoms with Gasteiger partial charge in [0.15, 0.2) is 0 Å². The number of hydrogen-bond donors (Lipinski definition) is 1. The molecule has 3 aliphatic heterocycles. The minimum atomic E-state index is -5.08. The van der Waals surface area contributed by atoms with Gasteiger partial charge in [0.1, 0.15) is 0 Å². The first-order chi connectivity index (χ1) is 15.9. The van der Waals surface area contributed by atoms with Gasteiger partial charge < -0.3 is 14.7 Å². The Bertz CT molecular complexity index is 933. The number of halogens is 3. The Labute approximate surface area is 198 Å². The van der Waals surface area contributed by atoms with Gasteiger partial charge in [0.25, 0.3) is 0 Å². The van der Waals surface area contributed by atoms with Crippen molar-refractivity contribution < 1.29 is 36.2 Å². The molecule has 1 spiro atoms. The maximum absolute atomic E-state index is 13.1. The monoisotopic (exact) mass is 506 g/mol. The summed E-state index contributed by atoms with van der Waals surface area (Å²) in [5, 5.41) is 7.12. The van der Waals surface area contributed by atoms with Crippen LogP contribution < -0.4 is 0 Å². The van der Waals surface area contributed by atoms with Gasteiger partial charge in [-0.1, -0.05) is 17.7 Å². The van der Waals surface area contributed by atoms with Gasteiger partial charge in [-0.2, -0.15) is 17.5 Å². The first-order valence-corrected chi connectivity index (χ1v) is 13.0. The molecule has 3 heterocycles. The van der Waals surface area contributed by atoms with E-state index >= 15 is 0 Å². The number of sulfonamides is 1. The van der Waals surface area contributed by atoms with E-state index in [2.05, 4.69) is 4.90 Å². The highest BCUT2D eigenvalue weighted by Gasteiger charge is 2.45. The number of likely N-dealkylation sites (tertiary alicyclic amines) is 1. The fourth-order valence-electron chi connectivity index (χ4n) is 5.05. The van der Waals surface area contributed by atoms with Crippen molar-refractivity contribution in [1.29, 1.82) is 0 Å². The zero-order valence-corrected chi connectivity index (χ0v) is 20.2. The van der Waals surface area contributed by atoms with Crippen LogP contribution in [0.15, 0.2) is 29.2 Å². The lowest BCUT2D eigenvalue weighted by Crippen LogP contribution is -2.47. The van der Waals surface area contributed by atoms with Gasteiger partial charge in [-0.3, -0.25) is 0 Å². The lowest BCUT2D eigenvalue weighted by molar-refractivity contribution is -0.192. The lowest BCUT2D eigenvalue weighted by atomic mass is 9.79. The van der Waals surface area contributed by atoms with E-state index in [1.165, 1.54) is 6.42 Å². The highest BCUT2D eigenvalue weighted by atomic mass is 32.2. The lowest BCUT2D eigenvalue weighted by Gasteiger charge is -2.42. The third kappa shape index (κ3) is 6.93. The van der Waals surface area contributed by atoms with Crippen LogP contribution in [0, 0.1) is 18.3 Å². The molecular formula is C23H33F3N2O5S. The standard InChI is InChI=1S/C21H32N2O3S.C2HF3O2/c1-18-3-5-20(6-4-18)27(24,25)23-12-10-21(17-23)9-2-11-22(16-21)15-19-7-13-26-14-8-19;3-2(4,5)1(6)7/h3-6,19H,2,7-17H2,1H3;(H,6,7). The van der Waals surface area contributed by atoms with E-state index < -0.39 is 22.2 Å². The Hall–Kier alpha value is -1.69. The van der Waals surface area contributed by atoms with E-state index in [-0.39, 0.29) is 5.41 Å². The number of alkyl halides is 3. The predicted molar refractivity (Wildman–Crippen MR) is 120 cm³/mol. The molecule has 1 unspecified atom stereocenters. The second-order valence-corrected chi connectivity index (χ2v) is 11.5. The van der Waals surface area contributed by atoms with Crippen LogP contribution in [0.3, 0.4) is 0 Å². The maximum atomic E-state index is 13.1. The van der Waals surface area contributed by atoms with Crippen LogP contribution in [0.1, 0.15) is 37.7 Å². The van der Waals surface area contributed by atoms with Crippen molar-refractivity contribution in [3.63, 3.8) is 0 Å². The molecule has 11 heteroatoms. The molecule has 1 atom stereocenters. The zero-order chi connectivity index (χ0) is 25.0. The molecule has 3 aliphatic rings. The normalized spacial score (nSPS) is 25.2. The van der Waals surface area contributed by atoms with Gasteiger partial charge in [0.05, 0.1) is 4.90 Å². The van der Waals surface area contributed by atoms with Crippen LogP contribution in [0.4, 0.5) is 13.2 Å². The molecule has 0 amide bonds. The molecular weight excluding hydrogens is 473 g/mol. The predicted octanol–water partition coefficient (Wildman–Crippen LogP) is 3.53. The van der Waals surface area contributed by atoms with Crippen molar-refractivity contribution in [2.75, 3.05) is 45.9 Å². The molecule has 0 aromatic heterocycles. The number of carboxylic acids is 1. The van der Waals surface area contributed by atoms with Crippen LogP contribution in [0.25, 0.3) is 0 Å². The summed E-state index contributed by atoms with van der Waals surface area (Å²) in [4.78, 5) is 11.9. The Morgan fingerprint density at radius 1 is 1.12 bits per heavy atom. The van der Waals surface area contributed by atoms with Crippen LogP contribution in [-0.4, -0.2) is 80.8 Å². The second-order valence-electron chi connectivity index (χ2n) is 9.60. The van der Waals surface area contributed by atoms with Crippen molar-refractivity contribution in [3.8, 4) is 0 Å². The molecule has 1 aromatic rings. The first-order valence-electron chi connectivity index (χ1n) is 11.6. The molecule has 0 radical (unpaired) electrons. The van der Waals surface area contributed by atoms with Crippen LogP contribution in [0.5, 0.6) is 0 Å². The third-order valence-electron chi connectivity index (χ3n) is 6.90. The summed E-state index contributed by atoms with van der Waals surface area (Å²) in [7, 11) is -3.38. The van der Waals surface area contributed by atoms with Crippen LogP contribution >= 0.6 is 0 Å².